The highest BCUT2D eigenvalue weighted by Gasteiger charge is 2.42. The van der Waals surface area contributed by atoms with Crippen LogP contribution in [0.2, 0.25) is 0 Å². The lowest BCUT2D eigenvalue weighted by Gasteiger charge is -2.43. The number of hydrogen-bond acceptors (Lipinski definition) is 5. The molecule has 0 amide bonds. The van der Waals surface area contributed by atoms with Crippen LogP contribution in [-0.2, 0) is 19.1 Å². The molecule has 0 aromatic carbocycles. The first-order chi connectivity index (χ1) is 13.2. The van der Waals surface area contributed by atoms with Gasteiger partial charge in [0.15, 0.2) is 0 Å². The minimum atomic E-state index is -0.597. The molecule has 1 aliphatic heterocycles. The Morgan fingerprint density at radius 3 is 2.71 bits per heavy atom. The number of rotatable bonds is 5. The lowest BCUT2D eigenvalue weighted by atomic mass is 9.65. The topological polar surface area (TPSA) is 72.8 Å². The van der Waals surface area contributed by atoms with Gasteiger partial charge in [-0.3, -0.25) is 9.59 Å². The second kappa shape index (κ2) is 8.81. The summed E-state index contributed by atoms with van der Waals surface area (Å²) in [7, 11) is 0. The highest BCUT2D eigenvalue weighted by molar-refractivity contribution is 5.72. The largest absolute Gasteiger partial charge is 0.462 e. The SMILES string of the molecule is CC(C)C(=O)O[C@H]1C[C@@H](C)C=C2C=C[C@H](C)[C@H](CC[C@@H]3C[C@@H](O)CC(=O)O3)C21. The molecule has 1 fully saturated rings. The van der Waals surface area contributed by atoms with Gasteiger partial charge in [-0.15, -0.1) is 0 Å². The number of aliphatic hydroxyl groups is 1. The van der Waals surface area contributed by atoms with E-state index in [0.717, 1.165) is 19.3 Å². The van der Waals surface area contributed by atoms with Crippen LogP contribution in [0.1, 0.15) is 59.8 Å². The van der Waals surface area contributed by atoms with Gasteiger partial charge in [-0.2, -0.15) is 0 Å². The summed E-state index contributed by atoms with van der Waals surface area (Å²) < 4.78 is 11.4. The molecule has 1 N–H and O–H groups in total. The number of carbonyl (C=O) groups is 2. The molecule has 7 atom stereocenters. The minimum Gasteiger partial charge on any atom is -0.462 e. The Bertz CT molecular complexity index is 649. The second-order valence-corrected chi connectivity index (χ2v) is 9.20. The first-order valence-electron chi connectivity index (χ1n) is 10.7. The third-order valence-corrected chi connectivity index (χ3v) is 6.39. The average Bonchev–Trinajstić information content (AvgIpc) is 2.60. The molecule has 3 aliphatic rings. The average molecular weight is 391 g/mol. The van der Waals surface area contributed by atoms with Crippen LogP contribution in [0.25, 0.3) is 0 Å². The standard InChI is InChI=1S/C23H34O5/c1-13(2)23(26)28-20-10-14(3)9-16-6-5-15(4)19(22(16)20)8-7-18-11-17(24)12-21(25)27-18/h5-6,9,13-15,17-20,22,24H,7-8,10-12H2,1-4H3/t14-,15-,17+,18+,19-,20-,22?/m0/s1. The van der Waals surface area contributed by atoms with E-state index in [1.165, 1.54) is 5.57 Å². The zero-order chi connectivity index (χ0) is 20.4. The van der Waals surface area contributed by atoms with Crippen LogP contribution < -0.4 is 0 Å². The van der Waals surface area contributed by atoms with Crippen LogP contribution in [0.4, 0.5) is 0 Å². The van der Waals surface area contributed by atoms with Crippen LogP contribution in [0.5, 0.6) is 0 Å². The molecule has 0 spiro atoms. The predicted molar refractivity (Wildman–Crippen MR) is 106 cm³/mol. The van der Waals surface area contributed by atoms with E-state index in [2.05, 4.69) is 32.1 Å². The lowest BCUT2D eigenvalue weighted by molar-refractivity contribution is -0.162. The molecular weight excluding hydrogens is 356 g/mol. The van der Waals surface area contributed by atoms with Crippen LogP contribution in [0, 0.1) is 29.6 Å². The first kappa shape index (κ1) is 21.1. The first-order valence-corrected chi connectivity index (χ1v) is 10.7. The number of allylic oxidation sites excluding steroid dienone is 3. The Balaban J connectivity index is 1.74. The van der Waals surface area contributed by atoms with Gasteiger partial charge in [0.2, 0.25) is 0 Å². The molecule has 2 aliphatic carbocycles. The van der Waals surface area contributed by atoms with Crippen molar-refractivity contribution >= 4 is 11.9 Å². The van der Waals surface area contributed by atoms with Gasteiger partial charge in [-0.1, -0.05) is 45.9 Å². The van der Waals surface area contributed by atoms with Crippen molar-refractivity contribution < 1.29 is 24.2 Å². The van der Waals surface area contributed by atoms with Gasteiger partial charge in [-0.05, 0) is 42.6 Å². The molecule has 0 aromatic rings. The molecular formula is C23H34O5. The van der Waals surface area contributed by atoms with Crippen LogP contribution in [0.3, 0.4) is 0 Å². The molecule has 0 aromatic heterocycles. The summed E-state index contributed by atoms with van der Waals surface area (Å²) in [5.74, 6) is 0.668. The molecule has 156 valence electrons. The Hall–Kier alpha value is -1.62. The van der Waals surface area contributed by atoms with Crippen molar-refractivity contribution in [3.8, 4) is 0 Å². The third-order valence-electron chi connectivity index (χ3n) is 6.39. The highest BCUT2D eigenvalue weighted by Crippen LogP contribution is 2.45. The summed E-state index contributed by atoms with van der Waals surface area (Å²) in [6.07, 6.45) is 8.89. The molecule has 3 rings (SSSR count). The van der Waals surface area contributed by atoms with Crippen LogP contribution in [-0.4, -0.2) is 35.4 Å². The van der Waals surface area contributed by atoms with E-state index >= 15 is 0 Å². The molecule has 5 nitrogen and oxygen atoms in total. The summed E-state index contributed by atoms with van der Waals surface area (Å²) in [5.41, 5.74) is 1.27. The highest BCUT2D eigenvalue weighted by atomic mass is 16.5. The van der Waals surface area contributed by atoms with E-state index < -0.39 is 6.10 Å². The van der Waals surface area contributed by atoms with Gasteiger partial charge < -0.3 is 14.6 Å². The lowest BCUT2D eigenvalue weighted by Crippen LogP contribution is -2.42. The maximum atomic E-state index is 12.3. The van der Waals surface area contributed by atoms with Crippen LogP contribution >= 0.6 is 0 Å². The van der Waals surface area contributed by atoms with E-state index in [1.807, 2.05) is 13.8 Å². The number of hydrogen-bond donors (Lipinski definition) is 1. The Morgan fingerprint density at radius 2 is 2.04 bits per heavy atom. The van der Waals surface area contributed by atoms with Gasteiger partial charge in [0.05, 0.1) is 18.4 Å². The zero-order valence-electron chi connectivity index (χ0n) is 17.5. The minimum absolute atomic E-state index is 0.0969. The molecule has 0 saturated carbocycles. The Labute approximate surface area is 168 Å². The maximum absolute atomic E-state index is 12.3. The number of fused-ring (bicyclic) bond motifs is 1. The van der Waals surface area contributed by atoms with Crippen molar-refractivity contribution in [2.24, 2.45) is 29.6 Å². The van der Waals surface area contributed by atoms with Gasteiger partial charge in [0, 0.05) is 12.3 Å². The van der Waals surface area contributed by atoms with Gasteiger partial charge in [0.1, 0.15) is 12.2 Å². The fraction of sp³-hybridized carbons (Fsp3) is 0.739. The smallest absolute Gasteiger partial charge is 0.308 e. The fourth-order valence-electron chi connectivity index (χ4n) is 4.92. The number of esters is 2. The van der Waals surface area contributed by atoms with Crippen molar-refractivity contribution in [2.45, 2.75) is 78.1 Å². The van der Waals surface area contributed by atoms with Crippen molar-refractivity contribution in [2.75, 3.05) is 0 Å². The van der Waals surface area contributed by atoms with Crippen LogP contribution in [0.15, 0.2) is 23.8 Å². The molecule has 1 saturated heterocycles. The number of aliphatic hydroxyl groups excluding tert-OH is 1. The fourth-order valence-corrected chi connectivity index (χ4v) is 4.92. The van der Waals surface area contributed by atoms with Crippen molar-refractivity contribution in [1.29, 1.82) is 0 Å². The zero-order valence-corrected chi connectivity index (χ0v) is 17.5. The maximum Gasteiger partial charge on any atom is 0.308 e. The molecule has 0 radical (unpaired) electrons. The third kappa shape index (κ3) is 4.86. The molecule has 1 unspecified atom stereocenters. The van der Waals surface area contributed by atoms with Gasteiger partial charge in [-0.25, -0.2) is 0 Å². The number of ether oxygens (including phenoxy) is 2. The molecule has 5 heteroatoms. The quantitative estimate of drug-likeness (QED) is 0.723. The second-order valence-electron chi connectivity index (χ2n) is 9.20. The van der Waals surface area contributed by atoms with E-state index in [0.29, 0.717) is 24.2 Å². The Morgan fingerprint density at radius 1 is 1.29 bits per heavy atom. The summed E-state index contributed by atoms with van der Waals surface area (Å²) in [6, 6.07) is 0. The predicted octanol–water partition coefficient (Wildman–Crippen LogP) is 3.81. The Kier molecular flexibility index (Phi) is 6.64. The van der Waals surface area contributed by atoms with Crippen molar-refractivity contribution in [3.63, 3.8) is 0 Å². The van der Waals surface area contributed by atoms with Gasteiger partial charge in [0.25, 0.3) is 0 Å². The van der Waals surface area contributed by atoms with E-state index in [4.69, 9.17) is 9.47 Å². The summed E-state index contributed by atoms with van der Waals surface area (Å²) >= 11 is 0. The molecule has 28 heavy (non-hydrogen) atoms. The summed E-state index contributed by atoms with van der Waals surface area (Å²) in [6.45, 7) is 8.12. The summed E-state index contributed by atoms with van der Waals surface area (Å²) in [4.78, 5) is 24.0. The summed E-state index contributed by atoms with van der Waals surface area (Å²) in [5, 5.41) is 9.87. The van der Waals surface area contributed by atoms with E-state index in [-0.39, 0.29) is 42.4 Å². The normalized spacial score (nSPS) is 37.9. The molecule has 0 bridgehead atoms. The van der Waals surface area contributed by atoms with Gasteiger partial charge >= 0.3 is 11.9 Å². The van der Waals surface area contributed by atoms with Crippen molar-refractivity contribution in [1.82, 2.24) is 0 Å². The van der Waals surface area contributed by atoms with Crippen molar-refractivity contribution in [3.05, 3.63) is 23.8 Å². The number of cyclic esters (lactones) is 1. The molecule has 1 heterocycles. The van der Waals surface area contributed by atoms with E-state index in [9.17, 15) is 14.7 Å². The van der Waals surface area contributed by atoms with E-state index in [1.54, 1.807) is 0 Å². The number of carbonyl (C=O) groups excluding carboxylic acids is 2. The monoisotopic (exact) mass is 390 g/mol.